The van der Waals surface area contributed by atoms with Crippen LogP contribution in [0.15, 0.2) is 72.8 Å². The first kappa shape index (κ1) is 26.6. The molecule has 11 heteroatoms. The van der Waals surface area contributed by atoms with E-state index in [1.165, 1.54) is 19.2 Å². The van der Waals surface area contributed by atoms with Crippen molar-refractivity contribution in [2.24, 2.45) is 0 Å². The fourth-order valence-electron chi connectivity index (χ4n) is 3.40. The summed E-state index contributed by atoms with van der Waals surface area (Å²) in [6.07, 6.45) is 1.01. The second kappa shape index (κ2) is 12.1. The molecule has 0 heterocycles. The molecule has 36 heavy (non-hydrogen) atoms. The molecular formula is C25H27N3O7S. The number of carbonyl (C=O) groups excluding carboxylic acids is 1. The first-order chi connectivity index (χ1) is 17.2. The smallest absolute Gasteiger partial charge is 0.271 e. The van der Waals surface area contributed by atoms with Crippen LogP contribution >= 0.6 is 0 Å². The normalized spacial score (nSPS) is 11.1. The van der Waals surface area contributed by atoms with Gasteiger partial charge in [-0.05, 0) is 29.3 Å². The van der Waals surface area contributed by atoms with Gasteiger partial charge in [0, 0.05) is 24.2 Å². The maximum absolute atomic E-state index is 12.5. The largest absolute Gasteiger partial charge is 0.495 e. The number of hydrogen-bond acceptors (Lipinski definition) is 7. The Balaban J connectivity index is 1.64. The molecule has 0 aliphatic rings. The number of non-ortho nitro benzene ring substituents is 1. The molecule has 10 nitrogen and oxygen atoms in total. The SMILES string of the molecule is COc1ccc([N+](=O)[O-])cc1N(Cc1ccc(C(=O)NCCOCc2ccccc2)cc1)S(C)(=O)=O. The number of rotatable bonds is 12. The number of carbonyl (C=O) groups is 1. The van der Waals surface area contributed by atoms with Crippen LogP contribution in [0.25, 0.3) is 0 Å². The van der Waals surface area contributed by atoms with E-state index in [1.807, 2.05) is 30.3 Å². The summed E-state index contributed by atoms with van der Waals surface area (Å²) in [5, 5.41) is 14.0. The number of amides is 1. The highest BCUT2D eigenvalue weighted by atomic mass is 32.2. The summed E-state index contributed by atoms with van der Waals surface area (Å²) < 4.78 is 36.9. The van der Waals surface area contributed by atoms with Gasteiger partial charge in [-0.1, -0.05) is 42.5 Å². The summed E-state index contributed by atoms with van der Waals surface area (Å²) in [6, 6.07) is 19.9. The molecular weight excluding hydrogens is 486 g/mol. The summed E-state index contributed by atoms with van der Waals surface area (Å²) in [7, 11) is -2.47. The molecule has 1 amide bonds. The number of ether oxygens (including phenoxy) is 2. The molecule has 0 aliphatic carbocycles. The lowest BCUT2D eigenvalue weighted by atomic mass is 10.1. The van der Waals surface area contributed by atoms with E-state index in [-0.39, 0.29) is 29.6 Å². The van der Waals surface area contributed by atoms with E-state index in [0.29, 0.717) is 30.9 Å². The maximum Gasteiger partial charge on any atom is 0.271 e. The van der Waals surface area contributed by atoms with E-state index in [2.05, 4.69) is 5.32 Å². The van der Waals surface area contributed by atoms with Crippen LogP contribution in [0.3, 0.4) is 0 Å². The number of methoxy groups -OCH3 is 1. The predicted octanol–water partition coefficient (Wildman–Crippen LogP) is 3.52. The van der Waals surface area contributed by atoms with Crippen molar-refractivity contribution in [1.82, 2.24) is 5.32 Å². The Kier molecular flexibility index (Phi) is 8.98. The number of nitrogens with zero attached hydrogens (tertiary/aromatic N) is 2. The lowest BCUT2D eigenvalue weighted by molar-refractivity contribution is -0.384. The molecule has 1 N–H and O–H groups in total. The predicted molar refractivity (Wildman–Crippen MR) is 136 cm³/mol. The zero-order chi connectivity index (χ0) is 26.1. The van der Waals surface area contributed by atoms with Gasteiger partial charge in [-0.25, -0.2) is 8.42 Å². The first-order valence-electron chi connectivity index (χ1n) is 11.0. The summed E-state index contributed by atoms with van der Waals surface area (Å²) in [4.78, 5) is 23.0. The highest BCUT2D eigenvalue weighted by Gasteiger charge is 2.24. The average Bonchev–Trinajstić information content (AvgIpc) is 2.87. The Morgan fingerprint density at radius 2 is 1.72 bits per heavy atom. The second-order valence-corrected chi connectivity index (χ2v) is 9.78. The molecule has 0 atom stereocenters. The first-order valence-corrected chi connectivity index (χ1v) is 12.8. The van der Waals surface area contributed by atoms with Crippen LogP contribution < -0.4 is 14.4 Å². The third kappa shape index (κ3) is 7.27. The van der Waals surface area contributed by atoms with Gasteiger partial charge in [-0.15, -0.1) is 0 Å². The Labute approximate surface area is 209 Å². The number of hydrogen-bond donors (Lipinski definition) is 1. The molecule has 0 radical (unpaired) electrons. The van der Waals surface area contributed by atoms with Crippen molar-refractivity contribution in [2.45, 2.75) is 13.2 Å². The minimum Gasteiger partial charge on any atom is -0.495 e. The lowest BCUT2D eigenvalue weighted by Crippen LogP contribution is -2.30. The van der Waals surface area contributed by atoms with Crippen molar-refractivity contribution < 1.29 is 27.6 Å². The molecule has 3 aromatic rings. The number of nitrogens with one attached hydrogen (secondary N) is 1. The van der Waals surface area contributed by atoms with Gasteiger partial charge in [-0.3, -0.25) is 19.2 Å². The lowest BCUT2D eigenvalue weighted by Gasteiger charge is -2.24. The van der Waals surface area contributed by atoms with Crippen molar-refractivity contribution in [3.05, 3.63) is 99.6 Å². The van der Waals surface area contributed by atoms with Crippen LogP contribution in [0.4, 0.5) is 11.4 Å². The van der Waals surface area contributed by atoms with Crippen LogP contribution in [0.5, 0.6) is 5.75 Å². The van der Waals surface area contributed by atoms with Crippen LogP contribution in [0.1, 0.15) is 21.5 Å². The number of benzene rings is 3. The van der Waals surface area contributed by atoms with Gasteiger partial charge in [0.25, 0.3) is 11.6 Å². The average molecular weight is 514 g/mol. The monoisotopic (exact) mass is 513 g/mol. The van der Waals surface area contributed by atoms with Crippen molar-refractivity contribution in [3.8, 4) is 5.75 Å². The quantitative estimate of drug-likeness (QED) is 0.223. The number of anilines is 1. The van der Waals surface area contributed by atoms with Crippen molar-refractivity contribution >= 4 is 27.3 Å². The molecule has 0 saturated carbocycles. The zero-order valence-electron chi connectivity index (χ0n) is 19.9. The summed E-state index contributed by atoms with van der Waals surface area (Å²) in [5.41, 5.74) is 1.81. The second-order valence-electron chi connectivity index (χ2n) is 7.87. The molecule has 3 rings (SSSR count). The Morgan fingerprint density at radius 1 is 1.03 bits per heavy atom. The fourth-order valence-corrected chi connectivity index (χ4v) is 4.28. The van der Waals surface area contributed by atoms with Crippen LogP contribution in [-0.2, 0) is 27.9 Å². The van der Waals surface area contributed by atoms with E-state index in [1.54, 1.807) is 24.3 Å². The number of nitro groups is 1. The standard InChI is InChI=1S/C25H27N3O7S/c1-34-24-13-12-22(28(30)31)16-23(24)27(36(2,32)33)17-19-8-10-21(11-9-19)25(29)26-14-15-35-18-20-6-4-3-5-7-20/h3-13,16H,14-15,17-18H2,1-2H3,(H,26,29). The molecule has 0 aliphatic heterocycles. The fraction of sp³-hybridized carbons (Fsp3) is 0.240. The van der Waals surface area contributed by atoms with Gasteiger partial charge in [0.2, 0.25) is 10.0 Å². The molecule has 190 valence electrons. The maximum atomic E-state index is 12.5. The van der Waals surface area contributed by atoms with E-state index < -0.39 is 14.9 Å². The Bertz CT molecular complexity index is 1300. The highest BCUT2D eigenvalue weighted by molar-refractivity contribution is 7.92. The molecule has 3 aromatic carbocycles. The molecule has 0 fully saturated rings. The summed E-state index contributed by atoms with van der Waals surface area (Å²) >= 11 is 0. The van der Waals surface area contributed by atoms with E-state index in [4.69, 9.17) is 9.47 Å². The minimum absolute atomic E-state index is 0.0477. The Morgan fingerprint density at radius 3 is 2.33 bits per heavy atom. The van der Waals surface area contributed by atoms with Crippen LogP contribution in [-0.4, -0.2) is 45.8 Å². The molecule has 0 aromatic heterocycles. The molecule has 0 unspecified atom stereocenters. The number of sulfonamides is 1. The van der Waals surface area contributed by atoms with Crippen LogP contribution in [0.2, 0.25) is 0 Å². The topological polar surface area (TPSA) is 128 Å². The highest BCUT2D eigenvalue weighted by Crippen LogP contribution is 2.34. The van der Waals surface area contributed by atoms with Crippen molar-refractivity contribution in [2.75, 3.05) is 30.8 Å². The van der Waals surface area contributed by atoms with Gasteiger partial charge in [-0.2, -0.15) is 0 Å². The molecule has 0 spiro atoms. The summed E-state index contributed by atoms with van der Waals surface area (Å²) in [5.74, 6) is -0.110. The van der Waals surface area contributed by atoms with Gasteiger partial charge in [0.15, 0.2) is 0 Å². The summed E-state index contributed by atoms with van der Waals surface area (Å²) in [6.45, 7) is 1.04. The van der Waals surface area contributed by atoms with E-state index >= 15 is 0 Å². The molecule has 0 bridgehead atoms. The Hall–Kier alpha value is -3.96. The zero-order valence-corrected chi connectivity index (χ0v) is 20.7. The van der Waals surface area contributed by atoms with Crippen molar-refractivity contribution in [3.63, 3.8) is 0 Å². The molecule has 0 saturated heterocycles. The van der Waals surface area contributed by atoms with Crippen LogP contribution in [0, 0.1) is 10.1 Å². The van der Waals surface area contributed by atoms with Gasteiger partial charge in [0.1, 0.15) is 11.4 Å². The third-order valence-electron chi connectivity index (χ3n) is 5.23. The van der Waals surface area contributed by atoms with Gasteiger partial charge >= 0.3 is 0 Å². The van der Waals surface area contributed by atoms with E-state index in [9.17, 15) is 23.3 Å². The third-order valence-corrected chi connectivity index (χ3v) is 6.35. The van der Waals surface area contributed by atoms with Gasteiger partial charge in [0.05, 0.1) is 38.0 Å². The minimum atomic E-state index is -3.82. The number of nitro benzene ring substituents is 1. The van der Waals surface area contributed by atoms with E-state index in [0.717, 1.165) is 22.2 Å². The van der Waals surface area contributed by atoms with Gasteiger partial charge < -0.3 is 14.8 Å². The van der Waals surface area contributed by atoms with Crippen molar-refractivity contribution in [1.29, 1.82) is 0 Å².